The van der Waals surface area contributed by atoms with Crippen molar-refractivity contribution in [2.24, 2.45) is 0 Å². The average Bonchev–Trinajstić information content (AvgIpc) is 2.34. The van der Waals surface area contributed by atoms with Gasteiger partial charge in [0.2, 0.25) is 5.75 Å². The third-order valence-electron chi connectivity index (χ3n) is 2.30. The van der Waals surface area contributed by atoms with Crippen LogP contribution in [0.1, 0.15) is 26.2 Å². The molecule has 0 heterocycles. The summed E-state index contributed by atoms with van der Waals surface area (Å²) in [5.74, 6) is 1.92. The zero-order chi connectivity index (χ0) is 11.8. The molecule has 0 bridgehead atoms. The molecule has 3 heteroatoms. The third kappa shape index (κ3) is 3.33. The van der Waals surface area contributed by atoms with Crippen LogP contribution in [0.3, 0.4) is 0 Å². The van der Waals surface area contributed by atoms with Crippen LogP contribution in [0.15, 0.2) is 12.1 Å². The number of rotatable bonds is 7. The van der Waals surface area contributed by atoms with E-state index in [1.807, 2.05) is 6.07 Å². The van der Waals surface area contributed by atoms with E-state index in [4.69, 9.17) is 14.2 Å². The van der Waals surface area contributed by atoms with E-state index in [1.54, 1.807) is 20.3 Å². The van der Waals surface area contributed by atoms with Gasteiger partial charge in [-0.2, -0.15) is 0 Å². The Morgan fingerprint density at radius 1 is 1.19 bits per heavy atom. The van der Waals surface area contributed by atoms with Gasteiger partial charge in [0, 0.05) is 6.07 Å². The standard InChI is InChI=1S/C13H19O3/c1-4-5-6-10-16-13-11(14-2)8-7-9-12(13)15-3/h7-8H,4-6,10H2,1-3H3. The maximum absolute atomic E-state index is 5.67. The number of methoxy groups -OCH3 is 2. The van der Waals surface area contributed by atoms with E-state index in [0.29, 0.717) is 23.9 Å². The predicted molar refractivity (Wildman–Crippen MR) is 63.4 cm³/mol. The number of hydrogen-bond acceptors (Lipinski definition) is 3. The van der Waals surface area contributed by atoms with E-state index < -0.39 is 0 Å². The smallest absolute Gasteiger partial charge is 0.204 e. The van der Waals surface area contributed by atoms with Gasteiger partial charge in [-0.05, 0) is 18.6 Å². The highest BCUT2D eigenvalue weighted by atomic mass is 16.5. The van der Waals surface area contributed by atoms with Gasteiger partial charge in [0.25, 0.3) is 0 Å². The molecular weight excluding hydrogens is 204 g/mol. The van der Waals surface area contributed by atoms with Crippen molar-refractivity contribution in [1.82, 2.24) is 0 Å². The van der Waals surface area contributed by atoms with Crippen LogP contribution in [0.4, 0.5) is 0 Å². The Hall–Kier alpha value is -1.38. The summed E-state index contributed by atoms with van der Waals surface area (Å²) in [7, 11) is 3.22. The monoisotopic (exact) mass is 223 g/mol. The van der Waals surface area contributed by atoms with Crippen LogP contribution < -0.4 is 14.2 Å². The van der Waals surface area contributed by atoms with E-state index in [2.05, 4.69) is 13.0 Å². The lowest BCUT2D eigenvalue weighted by molar-refractivity contribution is 0.268. The van der Waals surface area contributed by atoms with Gasteiger partial charge in [0.05, 0.1) is 20.8 Å². The minimum Gasteiger partial charge on any atom is -0.493 e. The van der Waals surface area contributed by atoms with Crippen molar-refractivity contribution in [3.8, 4) is 17.2 Å². The molecule has 0 aliphatic heterocycles. The lowest BCUT2D eigenvalue weighted by Gasteiger charge is -2.13. The summed E-state index contributed by atoms with van der Waals surface area (Å²) < 4.78 is 16.1. The first-order chi connectivity index (χ1) is 7.83. The molecule has 16 heavy (non-hydrogen) atoms. The molecule has 0 aromatic heterocycles. The van der Waals surface area contributed by atoms with Gasteiger partial charge in [-0.25, -0.2) is 0 Å². The van der Waals surface area contributed by atoms with E-state index >= 15 is 0 Å². The van der Waals surface area contributed by atoms with Gasteiger partial charge < -0.3 is 14.2 Å². The quantitative estimate of drug-likeness (QED) is 0.665. The van der Waals surface area contributed by atoms with Gasteiger partial charge >= 0.3 is 0 Å². The van der Waals surface area contributed by atoms with E-state index in [0.717, 1.165) is 6.42 Å². The van der Waals surface area contributed by atoms with Crippen LogP contribution in [0.5, 0.6) is 17.2 Å². The lowest BCUT2D eigenvalue weighted by Crippen LogP contribution is -2.01. The lowest BCUT2D eigenvalue weighted by atomic mass is 10.2. The van der Waals surface area contributed by atoms with E-state index in [1.165, 1.54) is 12.8 Å². The molecular formula is C13H19O3. The van der Waals surface area contributed by atoms with Crippen molar-refractivity contribution in [3.05, 3.63) is 18.2 Å². The summed E-state index contributed by atoms with van der Waals surface area (Å²) in [6.45, 7) is 2.84. The van der Waals surface area contributed by atoms with Crippen molar-refractivity contribution in [2.45, 2.75) is 26.2 Å². The Kier molecular flexibility index (Phi) is 5.54. The number of benzene rings is 1. The van der Waals surface area contributed by atoms with Crippen molar-refractivity contribution in [1.29, 1.82) is 0 Å². The highest BCUT2D eigenvalue weighted by Gasteiger charge is 2.10. The molecule has 3 nitrogen and oxygen atoms in total. The van der Waals surface area contributed by atoms with Gasteiger partial charge in [0.1, 0.15) is 0 Å². The molecule has 1 aromatic rings. The van der Waals surface area contributed by atoms with Crippen molar-refractivity contribution in [2.75, 3.05) is 20.8 Å². The van der Waals surface area contributed by atoms with E-state index in [-0.39, 0.29) is 0 Å². The number of ether oxygens (including phenoxy) is 3. The molecule has 0 amide bonds. The average molecular weight is 223 g/mol. The minimum absolute atomic E-state index is 0.593. The SMILES string of the molecule is CCCCCOc1c(OC)[c]ccc1OC. The maximum Gasteiger partial charge on any atom is 0.204 e. The van der Waals surface area contributed by atoms with Crippen molar-refractivity contribution < 1.29 is 14.2 Å². The van der Waals surface area contributed by atoms with Gasteiger partial charge in [0.15, 0.2) is 11.5 Å². The largest absolute Gasteiger partial charge is 0.493 e. The van der Waals surface area contributed by atoms with Crippen LogP contribution in [-0.2, 0) is 0 Å². The summed E-state index contributed by atoms with van der Waals surface area (Å²) in [6.07, 6.45) is 3.39. The fraction of sp³-hybridized carbons (Fsp3) is 0.538. The molecule has 0 aliphatic carbocycles. The van der Waals surface area contributed by atoms with Crippen LogP contribution in [0.2, 0.25) is 0 Å². The third-order valence-corrected chi connectivity index (χ3v) is 2.30. The highest BCUT2D eigenvalue weighted by molar-refractivity contribution is 5.50. The summed E-state index contributed by atoms with van der Waals surface area (Å²) in [4.78, 5) is 0. The summed E-state index contributed by atoms with van der Waals surface area (Å²) in [6, 6.07) is 6.55. The Labute approximate surface area is 97.3 Å². The van der Waals surface area contributed by atoms with Crippen LogP contribution in [-0.4, -0.2) is 20.8 Å². The topological polar surface area (TPSA) is 27.7 Å². The van der Waals surface area contributed by atoms with Crippen LogP contribution in [0, 0.1) is 6.07 Å². The Morgan fingerprint density at radius 2 is 2.00 bits per heavy atom. The van der Waals surface area contributed by atoms with Crippen molar-refractivity contribution in [3.63, 3.8) is 0 Å². The molecule has 0 saturated heterocycles. The summed E-state index contributed by atoms with van der Waals surface area (Å²) in [5, 5.41) is 0. The van der Waals surface area contributed by atoms with Crippen LogP contribution >= 0.6 is 0 Å². The fourth-order valence-electron chi connectivity index (χ4n) is 1.42. The second-order valence-electron chi connectivity index (χ2n) is 3.46. The van der Waals surface area contributed by atoms with Gasteiger partial charge in [-0.3, -0.25) is 0 Å². The van der Waals surface area contributed by atoms with Crippen LogP contribution in [0.25, 0.3) is 0 Å². The zero-order valence-corrected chi connectivity index (χ0v) is 10.2. The molecule has 0 saturated carbocycles. The van der Waals surface area contributed by atoms with Gasteiger partial charge in [-0.15, -0.1) is 0 Å². The van der Waals surface area contributed by atoms with E-state index in [9.17, 15) is 0 Å². The first-order valence-electron chi connectivity index (χ1n) is 5.59. The number of hydrogen-bond donors (Lipinski definition) is 0. The first kappa shape index (κ1) is 12.7. The summed E-state index contributed by atoms with van der Waals surface area (Å²) in [5.41, 5.74) is 0. The molecule has 0 aliphatic rings. The first-order valence-corrected chi connectivity index (χ1v) is 5.59. The summed E-state index contributed by atoms with van der Waals surface area (Å²) >= 11 is 0. The molecule has 0 unspecified atom stereocenters. The molecule has 1 rings (SSSR count). The Balaban J connectivity index is 2.67. The zero-order valence-electron chi connectivity index (χ0n) is 10.2. The Bertz CT molecular complexity index is 288. The molecule has 0 atom stereocenters. The molecule has 1 radical (unpaired) electrons. The molecule has 0 fully saturated rings. The second-order valence-corrected chi connectivity index (χ2v) is 3.46. The highest BCUT2D eigenvalue weighted by Crippen LogP contribution is 2.36. The normalized spacial score (nSPS) is 9.94. The second kappa shape index (κ2) is 6.99. The van der Waals surface area contributed by atoms with Gasteiger partial charge in [-0.1, -0.05) is 19.8 Å². The minimum atomic E-state index is 0.593. The molecule has 89 valence electrons. The fourth-order valence-corrected chi connectivity index (χ4v) is 1.42. The molecule has 1 aromatic carbocycles. The predicted octanol–water partition coefficient (Wildman–Crippen LogP) is 3.07. The maximum atomic E-state index is 5.67. The Morgan fingerprint density at radius 3 is 2.62 bits per heavy atom. The molecule has 0 N–H and O–H groups in total. The number of unbranched alkanes of at least 4 members (excludes halogenated alkanes) is 2. The molecule has 0 spiro atoms. The van der Waals surface area contributed by atoms with Crippen molar-refractivity contribution >= 4 is 0 Å².